The maximum absolute atomic E-state index is 10.9. The lowest BCUT2D eigenvalue weighted by Gasteiger charge is -2.09. The van der Waals surface area contributed by atoms with Gasteiger partial charge in [-0.15, -0.1) is 0 Å². The van der Waals surface area contributed by atoms with Gasteiger partial charge in [-0.05, 0) is 42.0 Å². The Bertz CT molecular complexity index is 707. The zero-order chi connectivity index (χ0) is 16.7. The number of benzene rings is 2. The normalized spacial score (nSPS) is 11.2. The molecule has 0 spiro atoms. The Hall–Kier alpha value is -2.09. The molecule has 2 aromatic rings. The second-order valence-corrected chi connectivity index (χ2v) is 6.14. The van der Waals surface area contributed by atoms with Gasteiger partial charge in [0.1, 0.15) is 24.7 Å². The third kappa shape index (κ3) is 5.55. The zero-order valence-electron chi connectivity index (χ0n) is 12.6. The second kappa shape index (κ2) is 7.96. The number of ether oxygens (including phenoxy) is 3. The van der Waals surface area contributed by atoms with Crippen LogP contribution in [-0.2, 0) is 21.5 Å². The maximum Gasteiger partial charge on any atom is 0.294 e. The fourth-order valence-electron chi connectivity index (χ4n) is 1.88. The highest BCUT2D eigenvalue weighted by atomic mass is 32.2. The Labute approximate surface area is 135 Å². The van der Waals surface area contributed by atoms with Gasteiger partial charge in [-0.3, -0.25) is 4.55 Å². The zero-order valence-corrected chi connectivity index (χ0v) is 13.5. The first-order chi connectivity index (χ1) is 11.0. The average molecular weight is 338 g/mol. The molecule has 2 rings (SSSR count). The largest absolute Gasteiger partial charge is 0.490 e. The SMILES string of the molecule is COCc1ccc(OCCOc2ccc(S(=O)(=O)O)cc2)cc1. The van der Waals surface area contributed by atoms with Crippen LogP contribution < -0.4 is 9.47 Å². The molecule has 2 aromatic carbocycles. The fraction of sp³-hybridized carbons (Fsp3) is 0.250. The van der Waals surface area contributed by atoms with Crippen molar-refractivity contribution < 1.29 is 27.2 Å². The quantitative estimate of drug-likeness (QED) is 0.588. The van der Waals surface area contributed by atoms with Gasteiger partial charge in [0.2, 0.25) is 0 Å². The molecule has 6 nitrogen and oxygen atoms in total. The molecule has 7 heteroatoms. The van der Waals surface area contributed by atoms with Crippen LogP contribution in [0.3, 0.4) is 0 Å². The van der Waals surface area contributed by atoms with E-state index in [4.69, 9.17) is 18.8 Å². The van der Waals surface area contributed by atoms with Crippen molar-refractivity contribution in [1.82, 2.24) is 0 Å². The van der Waals surface area contributed by atoms with Crippen LogP contribution in [-0.4, -0.2) is 33.3 Å². The first kappa shape index (κ1) is 17.3. The van der Waals surface area contributed by atoms with Gasteiger partial charge >= 0.3 is 0 Å². The van der Waals surface area contributed by atoms with Gasteiger partial charge < -0.3 is 14.2 Å². The number of methoxy groups -OCH3 is 1. The van der Waals surface area contributed by atoms with E-state index in [1.807, 2.05) is 24.3 Å². The first-order valence-electron chi connectivity index (χ1n) is 6.90. The van der Waals surface area contributed by atoms with E-state index in [9.17, 15) is 8.42 Å². The van der Waals surface area contributed by atoms with Crippen molar-refractivity contribution >= 4 is 10.1 Å². The van der Waals surface area contributed by atoms with Gasteiger partial charge in [-0.2, -0.15) is 8.42 Å². The van der Waals surface area contributed by atoms with Gasteiger partial charge in [0.15, 0.2) is 0 Å². The summed E-state index contributed by atoms with van der Waals surface area (Å²) >= 11 is 0. The molecular formula is C16H18O6S. The molecule has 23 heavy (non-hydrogen) atoms. The van der Waals surface area contributed by atoms with Crippen LogP contribution >= 0.6 is 0 Å². The highest BCUT2D eigenvalue weighted by Crippen LogP contribution is 2.16. The van der Waals surface area contributed by atoms with Crippen LogP contribution in [0.2, 0.25) is 0 Å². The van der Waals surface area contributed by atoms with Gasteiger partial charge in [-0.25, -0.2) is 0 Å². The van der Waals surface area contributed by atoms with Crippen LogP contribution in [0.25, 0.3) is 0 Å². The van der Waals surface area contributed by atoms with Crippen LogP contribution in [0.1, 0.15) is 5.56 Å². The molecule has 1 N–H and O–H groups in total. The summed E-state index contributed by atoms with van der Waals surface area (Å²) in [5, 5.41) is 0. The third-order valence-electron chi connectivity index (χ3n) is 2.98. The Morgan fingerprint density at radius 2 is 1.35 bits per heavy atom. The molecule has 0 radical (unpaired) electrons. The highest BCUT2D eigenvalue weighted by Gasteiger charge is 2.08. The summed E-state index contributed by atoms with van der Waals surface area (Å²) in [5.41, 5.74) is 1.06. The number of rotatable bonds is 8. The third-order valence-corrected chi connectivity index (χ3v) is 3.84. The molecule has 0 saturated carbocycles. The lowest BCUT2D eigenvalue weighted by Crippen LogP contribution is -2.09. The number of hydrogen-bond acceptors (Lipinski definition) is 5. The summed E-state index contributed by atoms with van der Waals surface area (Å²) in [4.78, 5) is -0.169. The number of hydrogen-bond donors (Lipinski definition) is 1. The minimum Gasteiger partial charge on any atom is -0.490 e. The molecule has 124 valence electrons. The van der Waals surface area contributed by atoms with Crippen LogP contribution in [0.15, 0.2) is 53.4 Å². The Morgan fingerprint density at radius 1 is 0.870 bits per heavy atom. The Balaban J connectivity index is 1.76. The molecule has 0 fully saturated rings. The molecule has 0 aliphatic heterocycles. The molecule has 0 amide bonds. The molecule has 0 atom stereocenters. The molecule has 0 aliphatic carbocycles. The average Bonchev–Trinajstić information content (AvgIpc) is 2.53. The van der Waals surface area contributed by atoms with Crippen molar-refractivity contribution in [3.8, 4) is 11.5 Å². The molecule has 0 saturated heterocycles. The minimum atomic E-state index is -4.18. The van der Waals surface area contributed by atoms with Crippen molar-refractivity contribution in [3.63, 3.8) is 0 Å². The fourth-order valence-corrected chi connectivity index (χ4v) is 2.36. The molecular weight excluding hydrogens is 320 g/mol. The predicted octanol–water partition coefficient (Wildman–Crippen LogP) is 2.54. The summed E-state index contributed by atoms with van der Waals surface area (Å²) in [6.07, 6.45) is 0. The van der Waals surface area contributed by atoms with E-state index >= 15 is 0 Å². The van der Waals surface area contributed by atoms with Crippen LogP contribution in [0.4, 0.5) is 0 Å². The van der Waals surface area contributed by atoms with Gasteiger partial charge in [0.25, 0.3) is 10.1 Å². The summed E-state index contributed by atoms with van der Waals surface area (Å²) in [5.74, 6) is 1.23. The Morgan fingerprint density at radius 3 is 1.78 bits per heavy atom. The smallest absolute Gasteiger partial charge is 0.294 e. The molecule has 0 heterocycles. The van der Waals surface area contributed by atoms with Crippen molar-refractivity contribution in [1.29, 1.82) is 0 Å². The summed E-state index contributed by atoms with van der Waals surface area (Å²) in [6.45, 7) is 1.22. The first-order valence-corrected chi connectivity index (χ1v) is 8.34. The lowest BCUT2D eigenvalue weighted by molar-refractivity contribution is 0.184. The van der Waals surface area contributed by atoms with E-state index in [2.05, 4.69) is 0 Å². The van der Waals surface area contributed by atoms with Gasteiger partial charge in [0, 0.05) is 7.11 Å². The van der Waals surface area contributed by atoms with E-state index in [-0.39, 0.29) is 4.90 Å². The maximum atomic E-state index is 10.9. The monoisotopic (exact) mass is 338 g/mol. The van der Waals surface area contributed by atoms with Gasteiger partial charge in [0.05, 0.1) is 11.5 Å². The van der Waals surface area contributed by atoms with Crippen molar-refractivity contribution in [3.05, 3.63) is 54.1 Å². The second-order valence-electron chi connectivity index (χ2n) is 4.72. The minimum absolute atomic E-state index is 0.169. The molecule has 0 aliphatic rings. The topological polar surface area (TPSA) is 82.1 Å². The van der Waals surface area contributed by atoms with E-state index in [0.29, 0.717) is 25.6 Å². The van der Waals surface area contributed by atoms with Crippen LogP contribution in [0.5, 0.6) is 11.5 Å². The highest BCUT2D eigenvalue weighted by molar-refractivity contribution is 7.85. The molecule has 0 bridgehead atoms. The van der Waals surface area contributed by atoms with Crippen LogP contribution in [0, 0.1) is 0 Å². The lowest BCUT2D eigenvalue weighted by atomic mass is 10.2. The van der Waals surface area contributed by atoms with E-state index < -0.39 is 10.1 Å². The van der Waals surface area contributed by atoms with Gasteiger partial charge in [-0.1, -0.05) is 12.1 Å². The standard InChI is InChI=1S/C16H18O6S/c1-20-12-13-2-4-14(5-3-13)21-10-11-22-15-6-8-16(9-7-15)23(17,18)19/h2-9H,10-12H2,1H3,(H,17,18,19). The van der Waals surface area contributed by atoms with E-state index in [1.165, 1.54) is 24.3 Å². The van der Waals surface area contributed by atoms with Crippen molar-refractivity contribution in [2.24, 2.45) is 0 Å². The summed E-state index contributed by atoms with van der Waals surface area (Å²) in [7, 11) is -2.53. The predicted molar refractivity (Wildman–Crippen MR) is 84.4 cm³/mol. The Kier molecular flexibility index (Phi) is 5.97. The van der Waals surface area contributed by atoms with E-state index in [0.717, 1.165) is 11.3 Å². The molecule has 0 aromatic heterocycles. The summed E-state index contributed by atoms with van der Waals surface area (Å²) < 4.78 is 46.7. The van der Waals surface area contributed by atoms with Crippen molar-refractivity contribution in [2.75, 3.05) is 20.3 Å². The van der Waals surface area contributed by atoms with E-state index in [1.54, 1.807) is 7.11 Å². The summed E-state index contributed by atoms with van der Waals surface area (Å²) in [6, 6.07) is 13.1. The van der Waals surface area contributed by atoms with Crippen molar-refractivity contribution in [2.45, 2.75) is 11.5 Å². The molecule has 0 unspecified atom stereocenters.